The standard InChI is InChI=1S/C28H28N4O6/c1-17-4-6-18(7-5-17)22(15-24(33)34)30-28(36)20-12-13-32-23(14-20)31-26(27(32)29-16-25(35)38-3)19-8-10-21(37-2)11-9-19/h4-14,22,29H,15-16H2,1-3H3,(H,30,36)(H,33,34). The van der Waals surface area contributed by atoms with Crippen LogP contribution in [0.1, 0.15) is 33.9 Å². The van der Waals surface area contributed by atoms with Crippen molar-refractivity contribution in [2.45, 2.75) is 19.4 Å². The van der Waals surface area contributed by atoms with E-state index >= 15 is 0 Å². The van der Waals surface area contributed by atoms with Crippen LogP contribution in [0.3, 0.4) is 0 Å². The summed E-state index contributed by atoms with van der Waals surface area (Å²) in [5, 5.41) is 15.3. The van der Waals surface area contributed by atoms with Crippen LogP contribution in [0.25, 0.3) is 16.9 Å². The number of rotatable bonds is 10. The Bertz CT molecular complexity index is 1460. The van der Waals surface area contributed by atoms with Crippen molar-refractivity contribution in [1.29, 1.82) is 0 Å². The molecule has 0 aliphatic rings. The van der Waals surface area contributed by atoms with E-state index in [4.69, 9.17) is 14.5 Å². The lowest BCUT2D eigenvalue weighted by Crippen LogP contribution is -2.30. The Morgan fingerprint density at radius 2 is 1.74 bits per heavy atom. The molecule has 3 N–H and O–H groups in total. The number of benzene rings is 2. The molecule has 0 saturated carbocycles. The molecule has 0 radical (unpaired) electrons. The lowest BCUT2D eigenvalue weighted by Gasteiger charge is -2.18. The van der Waals surface area contributed by atoms with Gasteiger partial charge < -0.3 is 25.2 Å². The first-order valence-electron chi connectivity index (χ1n) is 11.9. The van der Waals surface area contributed by atoms with Crippen molar-refractivity contribution in [3.63, 3.8) is 0 Å². The zero-order valence-corrected chi connectivity index (χ0v) is 21.2. The number of fused-ring (bicyclic) bond motifs is 1. The molecule has 1 amide bonds. The van der Waals surface area contributed by atoms with Crippen molar-refractivity contribution in [2.24, 2.45) is 0 Å². The van der Waals surface area contributed by atoms with Gasteiger partial charge in [-0.1, -0.05) is 29.8 Å². The van der Waals surface area contributed by atoms with Crippen molar-refractivity contribution in [3.05, 3.63) is 83.6 Å². The molecular weight excluding hydrogens is 488 g/mol. The number of anilines is 1. The number of carbonyl (C=O) groups is 3. The first-order valence-corrected chi connectivity index (χ1v) is 11.9. The van der Waals surface area contributed by atoms with Gasteiger partial charge in [0.2, 0.25) is 0 Å². The van der Waals surface area contributed by atoms with Gasteiger partial charge >= 0.3 is 11.9 Å². The summed E-state index contributed by atoms with van der Waals surface area (Å²) in [7, 11) is 2.89. The summed E-state index contributed by atoms with van der Waals surface area (Å²) in [6, 6.07) is 17.2. The third-order valence-electron chi connectivity index (χ3n) is 6.04. The van der Waals surface area contributed by atoms with Crippen molar-refractivity contribution in [2.75, 3.05) is 26.1 Å². The minimum absolute atomic E-state index is 0.0803. The molecule has 10 heteroatoms. The van der Waals surface area contributed by atoms with Gasteiger partial charge in [0.15, 0.2) is 0 Å². The topological polar surface area (TPSA) is 131 Å². The molecule has 4 aromatic rings. The number of amides is 1. The van der Waals surface area contributed by atoms with Crippen LogP contribution in [0.4, 0.5) is 5.82 Å². The largest absolute Gasteiger partial charge is 0.497 e. The first kappa shape index (κ1) is 26.2. The number of ether oxygens (including phenoxy) is 2. The van der Waals surface area contributed by atoms with Gasteiger partial charge in [0.1, 0.15) is 29.5 Å². The molecule has 2 aromatic heterocycles. The van der Waals surface area contributed by atoms with Crippen LogP contribution in [0, 0.1) is 6.92 Å². The highest BCUT2D eigenvalue weighted by molar-refractivity contribution is 5.96. The van der Waals surface area contributed by atoms with Crippen LogP contribution in [0.2, 0.25) is 0 Å². The molecule has 196 valence electrons. The molecule has 1 unspecified atom stereocenters. The summed E-state index contributed by atoms with van der Waals surface area (Å²) < 4.78 is 11.7. The molecule has 0 fully saturated rings. The van der Waals surface area contributed by atoms with Crippen LogP contribution in [-0.4, -0.2) is 53.1 Å². The average Bonchev–Trinajstić information content (AvgIpc) is 3.29. The minimum Gasteiger partial charge on any atom is -0.497 e. The molecule has 0 aliphatic heterocycles. The van der Waals surface area contributed by atoms with Crippen LogP contribution < -0.4 is 15.4 Å². The molecule has 0 spiro atoms. The molecule has 38 heavy (non-hydrogen) atoms. The number of carbonyl (C=O) groups excluding carboxylic acids is 2. The molecule has 0 aliphatic carbocycles. The lowest BCUT2D eigenvalue weighted by atomic mass is 10.0. The molecule has 2 aromatic carbocycles. The van der Waals surface area contributed by atoms with E-state index in [1.165, 1.54) is 7.11 Å². The quantitative estimate of drug-likeness (QED) is 0.271. The van der Waals surface area contributed by atoms with Gasteiger partial charge in [-0.2, -0.15) is 0 Å². The highest BCUT2D eigenvalue weighted by Crippen LogP contribution is 2.30. The van der Waals surface area contributed by atoms with Gasteiger partial charge in [0, 0.05) is 17.3 Å². The number of carboxylic acids is 1. The monoisotopic (exact) mass is 516 g/mol. The maximum absolute atomic E-state index is 13.2. The number of hydrogen-bond donors (Lipinski definition) is 3. The predicted molar refractivity (Wildman–Crippen MR) is 141 cm³/mol. The fourth-order valence-corrected chi connectivity index (χ4v) is 4.00. The van der Waals surface area contributed by atoms with E-state index in [9.17, 15) is 19.5 Å². The second-order valence-corrected chi connectivity index (χ2v) is 8.65. The Kier molecular flexibility index (Phi) is 7.91. The van der Waals surface area contributed by atoms with Crippen molar-refractivity contribution < 1.29 is 29.0 Å². The SMILES string of the molecule is COC(=O)CNc1c(-c2ccc(OC)cc2)nc2cc(C(=O)NC(CC(=O)O)c3ccc(C)cc3)ccn12. The molecule has 2 heterocycles. The Hall–Kier alpha value is -4.86. The van der Waals surface area contributed by atoms with E-state index in [-0.39, 0.29) is 13.0 Å². The van der Waals surface area contributed by atoms with Gasteiger partial charge in [-0.25, -0.2) is 4.98 Å². The maximum Gasteiger partial charge on any atom is 0.325 e. The zero-order chi connectivity index (χ0) is 27.2. The molecular formula is C28H28N4O6. The third-order valence-corrected chi connectivity index (χ3v) is 6.04. The number of hydrogen-bond acceptors (Lipinski definition) is 7. The van der Waals surface area contributed by atoms with Crippen LogP contribution in [-0.2, 0) is 14.3 Å². The second kappa shape index (κ2) is 11.5. The van der Waals surface area contributed by atoms with E-state index in [1.54, 1.807) is 54.1 Å². The van der Waals surface area contributed by atoms with E-state index in [0.29, 0.717) is 34.0 Å². The number of aliphatic carboxylic acids is 1. The van der Waals surface area contributed by atoms with Gasteiger partial charge in [-0.15, -0.1) is 0 Å². The van der Waals surface area contributed by atoms with Crippen LogP contribution >= 0.6 is 0 Å². The molecule has 4 rings (SSSR count). The second-order valence-electron chi connectivity index (χ2n) is 8.65. The van der Waals surface area contributed by atoms with E-state index in [0.717, 1.165) is 11.1 Å². The summed E-state index contributed by atoms with van der Waals surface area (Å²) in [4.78, 5) is 41.2. The van der Waals surface area contributed by atoms with Crippen molar-refractivity contribution in [1.82, 2.24) is 14.7 Å². The van der Waals surface area contributed by atoms with Gasteiger partial charge in [0.05, 0.1) is 26.7 Å². The number of aryl methyl sites for hydroxylation is 1. The van der Waals surface area contributed by atoms with Crippen LogP contribution in [0.5, 0.6) is 5.75 Å². The molecule has 0 saturated heterocycles. The summed E-state index contributed by atoms with van der Waals surface area (Å²) in [6.45, 7) is 1.85. The van der Waals surface area contributed by atoms with Gasteiger partial charge in [-0.3, -0.25) is 18.8 Å². The van der Waals surface area contributed by atoms with E-state index in [2.05, 4.69) is 10.6 Å². The Labute approximate surface area is 219 Å². The Morgan fingerprint density at radius 1 is 1.03 bits per heavy atom. The number of methoxy groups -OCH3 is 2. The zero-order valence-electron chi connectivity index (χ0n) is 21.2. The fraction of sp³-hybridized carbons (Fsp3) is 0.214. The Morgan fingerprint density at radius 3 is 2.37 bits per heavy atom. The first-order chi connectivity index (χ1) is 18.3. The van der Waals surface area contributed by atoms with Gasteiger partial charge in [0.25, 0.3) is 5.91 Å². The number of nitrogens with zero attached hydrogens (tertiary/aromatic N) is 2. The summed E-state index contributed by atoms with van der Waals surface area (Å²) in [5.41, 5.74) is 3.84. The number of pyridine rings is 1. The molecule has 10 nitrogen and oxygen atoms in total. The number of carboxylic acid groups (broad SMARTS) is 1. The van der Waals surface area contributed by atoms with E-state index in [1.807, 2.05) is 31.2 Å². The van der Waals surface area contributed by atoms with Crippen LogP contribution in [0.15, 0.2) is 66.9 Å². The summed E-state index contributed by atoms with van der Waals surface area (Å²) in [6.07, 6.45) is 1.41. The van der Waals surface area contributed by atoms with Crippen molar-refractivity contribution >= 4 is 29.3 Å². The highest BCUT2D eigenvalue weighted by Gasteiger charge is 2.21. The van der Waals surface area contributed by atoms with Gasteiger partial charge in [-0.05, 0) is 48.9 Å². The fourth-order valence-electron chi connectivity index (χ4n) is 4.00. The normalized spacial score (nSPS) is 11.6. The summed E-state index contributed by atoms with van der Waals surface area (Å²) >= 11 is 0. The lowest BCUT2D eigenvalue weighted by molar-refractivity contribution is -0.139. The number of aromatic nitrogens is 2. The van der Waals surface area contributed by atoms with E-state index < -0.39 is 23.9 Å². The number of esters is 1. The van der Waals surface area contributed by atoms with Crippen molar-refractivity contribution in [3.8, 4) is 17.0 Å². The maximum atomic E-state index is 13.2. The minimum atomic E-state index is -1.02. The highest BCUT2D eigenvalue weighted by atomic mass is 16.5. The molecule has 0 bridgehead atoms. The predicted octanol–water partition coefficient (Wildman–Crippen LogP) is 3.85. The molecule has 1 atom stereocenters. The number of imidazole rings is 1. The Balaban J connectivity index is 1.68. The average molecular weight is 517 g/mol. The smallest absolute Gasteiger partial charge is 0.325 e. The third kappa shape index (κ3) is 5.92. The summed E-state index contributed by atoms with van der Waals surface area (Å²) in [5.74, 6) is -0.671. The number of nitrogens with one attached hydrogen (secondary N) is 2.